The van der Waals surface area contributed by atoms with Gasteiger partial charge in [-0.15, -0.1) is 5.10 Å². The molecule has 6 heteroatoms. The van der Waals surface area contributed by atoms with E-state index in [2.05, 4.69) is 10.2 Å². The fraction of sp³-hybridized carbons (Fsp3) is 0.429. The maximum atomic E-state index is 5.70. The summed E-state index contributed by atoms with van der Waals surface area (Å²) in [4.78, 5) is 0. The number of nitrogens with zero attached hydrogens (tertiary/aromatic N) is 2. The highest BCUT2D eigenvalue weighted by atomic mass is 16.5. The fourth-order valence-electron chi connectivity index (χ4n) is 2.03. The second-order valence-electron chi connectivity index (χ2n) is 4.62. The molecule has 0 saturated carbocycles. The molecule has 0 aromatic heterocycles. The molecule has 1 saturated heterocycles. The zero-order valence-corrected chi connectivity index (χ0v) is 11.4. The first-order chi connectivity index (χ1) is 9.75. The predicted molar refractivity (Wildman–Crippen MR) is 78.5 cm³/mol. The van der Waals surface area contributed by atoms with Gasteiger partial charge in [-0.05, 0) is 18.4 Å². The molecule has 1 fully saturated rings. The average molecular weight is 276 g/mol. The minimum atomic E-state index is -0.0617. The number of benzene rings is 1. The van der Waals surface area contributed by atoms with Crippen molar-refractivity contribution in [3.63, 3.8) is 0 Å². The van der Waals surface area contributed by atoms with Gasteiger partial charge in [-0.3, -0.25) is 0 Å². The van der Waals surface area contributed by atoms with E-state index < -0.39 is 0 Å². The molecule has 1 aromatic rings. The predicted octanol–water partition coefficient (Wildman–Crippen LogP) is 0.989. The lowest BCUT2D eigenvalue weighted by Gasteiger charge is -2.11. The van der Waals surface area contributed by atoms with Crippen molar-refractivity contribution in [3.8, 4) is 0 Å². The molecule has 4 N–H and O–H groups in total. The average Bonchev–Trinajstić information content (AvgIpc) is 2.93. The molecule has 0 radical (unpaired) electrons. The Bertz CT molecular complexity index is 478. The molecule has 0 bridgehead atoms. The topological polar surface area (TPSA) is 95.2 Å². The summed E-state index contributed by atoms with van der Waals surface area (Å²) >= 11 is 0. The van der Waals surface area contributed by atoms with Gasteiger partial charge >= 0.3 is 0 Å². The third-order valence-corrected chi connectivity index (χ3v) is 3.01. The van der Waals surface area contributed by atoms with E-state index in [-0.39, 0.29) is 12.1 Å². The second kappa shape index (κ2) is 7.62. The van der Waals surface area contributed by atoms with Crippen LogP contribution < -0.4 is 11.5 Å². The van der Waals surface area contributed by atoms with Gasteiger partial charge in [0, 0.05) is 12.2 Å². The summed E-state index contributed by atoms with van der Waals surface area (Å²) in [6.07, 6.45) is 4.05. The van der Waals surface area contributed by atoms with E-state index in [1.807, 2.05) is 24.3 Å². The van der Waals surface area contributed by atoms with Crippen LogP contribution in [0, 0.1) is 0 Å². The van der Waals surface area contributed by atoms with Crippen LogP contribution in [-0.4, -0.2) is 31.5 Å². The fourth-order valence-corrected chi connectivity index (χ4v) is 2.03. The normalized spacial score (nSPS) is 18.5. The van der Waals surface area contributed by atoms with Crippen molar-refractivity contribution in [1.29, 1.82) is 0 Å². The lowest BCUT2D eigenvalue weighted by atomic mass is 10.1. The van der Waals surface area contributed by atoms with E-state index in [0.29, 0.717) is 13.2 Å². The number of guanidine groups is 1. The van der Waals surface area contributed by atoms with Gasteiger partial charge in [0.15, 0.2) is 0 Å². The van der Waals surface area contributed by atoms with Gasteiger partial charge in [0.1, 0.15) is 0 Å². The van der Waals surface area contributed by atoms with Crippen LogP contribution in [0.25, 0.3) is 0 Å². The largest absolute Gasteiger partial charge is 0.376 e. The maximum absolute atomic E-state index is 5.70. The summed E-state index contributed by atoms with van der Waals surface area (Å²) in [5, 5.41) is 7.41. The standard InChI is InChI=1S/C14H20N4O2/c15-14(16)18-17-8-11-4-1-2-5-12(11)9-19-10-13-6-3-7-20-13/h1-2,4-5,8,13H,3,6-7,9-10H2,(H4,15,16,18). The lowest BCUT2D eigenvalue weighted by Crippen LogP contribution is -2.21. The third-order valence-electron chi connectivity index (χ3n) is 3.01. The van der Waals surface area contributed by atoms with Crippen molar-refractivity contribution in [3.05, 3.63) is 35.4 Å². The van der Waals surface area contributed by atoms with Crippen molar-refractivity contribution in [1.82, 2.24) is 0 Å². The Morgan fingerprint density at radius 1 is 1.40 bits per heavy atom. The molecular formula is C14H20N4O2. The van der Waals surface area contributed by atoms with Gasteiger partial charge in [-0.2, -0.15) is 5.10 Å². The van der Waals surface area contributed by atoms with Crippen molar-refractivity contribution in [2.24, 2.45) is 21.7 Å². The van der Waals surface area contributed by atoms with Crippen molar-refractivity contribution in [2.75, 3.05) is 13.2 Å². The van der Waals surface area contributed by atoms with Crippen LogP contribution in [0.5, 0.6) is 0 Å². The number of hydrogen-bond donors (Lipinski definition) is 2. The Labute approximate surface area is 118 Å². The quantitative estimate of drug-likeness (QED) is 0.460. The van der Waals surface area contributed by atoms with E-state index in [1.165, 1.54) is 0 Å². The Morgan fingerprint density at radius 2 is 2.25 bits per heavy atom. The molecule has 1 aromatic carbocycles. The van der Waals surface area contributed by atoms with Gasteiger partial charge in [0.2, 0.25) is 5.96 Å². The highest BCUT2D eigenvalue weighted by Crippen LogP contribution is 2.14. The summed E-state index contributed by atoms with van der Waals surface area (Å²) < 4.78 is 11.2. The molecule has 6 nitrogen and oxygen atoms in total. The molecule has 1 unspecified atom stereocenters. The van der Waals surface area contributed by atoms with Crippen LogP contribution in [0.2, 0.25) is 0 Å². The van der Waals surface area contributed by atoms with Crippen molar-refractivity contribution in [2.45, 2.75) is 25.6 Å². The van der Waals surface area contributed by atoms with Crippen LogP contribution in [-0.2, 0) is 16.1 Å². The van der Waals surface area contributed by atoms with E-state index in [9.17, 15) is 0 Å². The summed E-state index contributed by atoms with van der Waals surface area (Å²) in [5.74, 6) is -0.0617. The van der Waals surface area contributed by atoms with Crippen LogP contribution in [0.3, 0.4) is 0 Å². The van der Waals surface area contributed by atoms with E-state index in [0.717, 1.165) is 30.6 Å². The van der Waals surface area contributed by atoms with E-state index in [1.54, 1.807) is 6.21 Å². The smallest absolute Gasteiger partial charge is 0.211 e. The molecule has 0 spiro atoms. The molecule has 20 heavy (non-hydrogen) atoms. The van der Waals surface area contributed by atoms with E-state index >= 15 is 0 Å². The van der Waals surface area contributed by atoms with Gasteiger partial charge in [0.05, 0.1) is 25.5 Å². The molecule has 2 rings (SSSR count). The zero-order valence-electron chi connectivity index (χ0n) is 11.4. The van der Waals surface area contributed by atoms with E-state index in [4.69, 9.17) is 20.9 Å². The SMILES string of the molecule is NC(N)=NN=Cc1ccccc1COCC1CCCO1. The Morgan fingerprint density at radius 3 is 3.00 bits per heavy atom. The number of hydrogen-bond acceptors (Lipinski definition) is 4. The third kappa shape index (κ3) is 4.64. The second-order valence-corrected chi connectivity index (χ2v) is 4.62. The molecule has 1 aliphatic rings. The first-order valence-corrected chi connectivity index (χ1v) is 6.65. The maximum Gasteiger partial charge on any atom is 0.211 e. The number of ether oxygens (including phenoxy) is 2. The van der Waals surface area contributed by atoms with Gasteiger partial charge in [0.25, 0.3) is 0 Å². The zero-order chi connectivity index (χ0) is 14.2. The van der Waals surface area contributed by atoms with Gasteiger partial charge in [-0.25, -0.2) is 0 Å². The summed E-state index contributed by atoms with van der Waals surface area (Å²) in [6.45, 7) is 1.99. The minimum absolute atomic E-state index is 0.0617. The Hall–Kier alpha value is -1.92. The Kier molecular flexibility index (Phi) is 5.52. The van der Waals surface area contributed by atoms with Crippen molar-refractivity contribution < 1.29 is 9.47 Å². The summed E-state index contributed by atoms with van der Waals surface area (Å²) in [6, 6.07) is 7.83. The Balaban J connectivity index is 1.89. The minimum Gasteiger partial charge on any atom is -0.376 e. The lowest BCUT2D eigenvalue weighted by molar-refractivity contribution is 0.0106. The first kappa shape index (κ1) is 14.5. The van der Waals surface area contributed by atoms with Crippen LogP contribution >= 0.6 is 0 Å². The molecule has 0 amide bonds. The molecule has 1 heterocycles. The number of rotatable bonds is 6. The molecule has 1 atom stereocenters. The molecule has 108 valence electrons. The summed E-state index contributed by atoms with van der Waals surface area (Å²) in [5.41, 5.74) is 12.4. The van der Waals surface area contributed by atoms with Crippen molar-refractivity contribution >= 4 is 12.2 Å². The molecule has 0 aliphatic carbocycles. The first-order valence-electron chi connectivity index (χ1n) is 6.65. The van der Waals surface area contributed by atoms with Gasteiger partial charge in [-0.1, -0.05) is 24.3 Å². The van der Waals surface area contributed by atoms with Crippen LogP contribution in [0.4, 0.5) is 0 Å². The van der Waals surface area contributed by atoms with Crippen LogP contribution in [0.15, 0.2) is 34.5 Å². The van der Waals surface area contributed by atoms with Gasteiger partial charge < -0.3 is 20.9 Å². The highest BCUT2D eigenvalue weighted by molar-refractivity contribution is 5.83. The van der Waals surface area contributed by atoms with Crippen LogP contribution in [0.1, 0.15) is 24.0 Å². The molecule has 1 aliphatic heterocycles. The monoisotopic (exact) mass is 276 g/mol. The number of nitrogens with two attached hydrogens (primary N) is 2. The highest BCUT2D eigenvalue weighted by Gasteiger charge is 2.15. The molecular weight excluding hydrogens is 256 g/mol. The summed E-state index contributed by atoms with van der Waals surface area (Å²) in [7, 11) is 0.